The van der Waals surface area contributed by atoms with Crippen LogP contribution in [-0.4, -0.2) is 36.9 Å². The summed E-state index contributed by atoms with van der Waals surface area (Å²) in [7, 11) is 0. The topological polar surface area (TPSA) is 74.2 Å². The highest BCUT2D eigenvalue weighted by Crippen LogP contribution is 2.23. The van der Waals surface area contributed by atoms with Gasteiger partial charge in [0.05, 0.1) is 12.8 Å². The molecule has 26 heavy (non-hydrogen) atoms. The molecule has 0 heterocycles. The van der Waals surface area contributed by atoms with Gasteiger partial charge in [-0.2, -0.15) is 5.10 Å². The number of hydrogen-bond donors (Lipinski definition) is 2. The van der Waals surface area contributed by atoms with Crippen LogP contribution in [0.25, 0.3) is 0 Å². The molecule has 0 aliphatic carbocycles. The van der Waals surface area contributed by atoms with E-state index in [2.05, 4.69) is 29.3 Å². The maximum Gasteiger partial charge on any atom is 0.271 e. The predicted molar refractivity (Wildman–Crippen MR) is 104 cm³/mol. The number of hydrazone groups is 1. The van der Waals surface area contributed by atoms with Gasteiger partial charge in [0.15, 0.2) is 0 Å². The molecule has 0 aliphatic heterocycles. The zero-order valence-electron chi connectivity index (χ0n) is 15.4. The molecule has 2 N–H and O–H groups in total. The Morgan fingerprint density at radius 3 is 2.42 bits per heavy atom. The molecule has 2 aromatic rings. The van der Waals surface area contributed by atoms with Crippen LogP contribution in [-0.2, 0) is 0 Å². The van der Waals surface area contributed by atoms with E-state index in [-0.39, 0.29) is 11.7 Å². The van der Waals surface area contributed by atoms with Gasteiger partial charge in [-0.3, -0.25) is 4.79 Å². The molecule has 0 saturated heterocycles. The number of anilines is 1. The molecule has 1 amide bonds. The number of amides is 1. The Kier molecular flexibility index (Phi) is 7.02. The molecule has 6 heteroatoms. The first-order valence-electron chi connectivity index (χ1n) is 8.73. The van der Waals surface area contributed by atoms with Gasteiger partial charge in [-0.25, -0.2) is 5.43 Å². The third-order valence-corrected chi connectivity index (χ3v) is 3.94. The van der Waals surface area contributed by atoms with E-state index in [9.17, 15) is 9.90 Å². The molecule has 6 nitrogen and oxygen atoms in total. The minimum atomic E-state index is -0.330. The van der Waals surface area contributed by atoms with Gasteiger partial charge in [0.1, 0.15) is 11.5 Å². The molecule has 0 saturated carbocycles. The van der Waals surface area contributed by atoms with Crippen molar-refractivity contribution in [3.8, 4) is 11.5 Å². The van der Waals surface area contributed by atoms with E-state index in [0.717, 1.165) is 18.8 Å². The molecule has 0 fully saturated rings. The summed E-state index contributed by atoms with van der Waals surface area (Å²) in [6, 6.07) is 12.2. The molecule has 0 atom stereocenters. The van der Waals surface area contributed by atoms with E-state index >= 15 is 0 Å². The molecular formula is C20H25N3O3. The van der Waals surface area contributed by atoms with Crippen molar-refractivity contribution in [3.05, 3.63) is 53.6 Å². The Balaban J connectivity index is 2.00. The van der Waals surface area contributed by atoms with Crippen LogP contribution in [0.3, 0.4) is 0 Å². The number of benzene rings is 2. The maximum absolute atomic E-state index is 12.1. The van der Waals surface area contributed by atoms with Crippen LogP contribution in [0, 0.1) is 0 Å². The molecule has 0 aliphatic rings. The fraction of sp³-hybridized carbons (Fsp3) is 0.300. The summed E-state index contributed by atoms with van der Waals surface area (Å²) < 4.78 is 5.34. The molecule has 2 aromatic carbocycles. The monoisotopic (exact) mass is 355 g/mol. The van der Waals surface area contributed by atoms with Crippen LogP contribution in [0.4, 0.5) is 5.69 Å². The maximum atomic E-state index is 12.1. The summed E-state index contributed by atoms with van der Waals surface area (Å²) in [5.41, 5.74) is 4.41. The largest absolute Gasteiger partial charge is 0.507 e. The van der Waals surface area contributed by atoms with Gasteiger partial charge >= 0.3 is 0 Å². The number of phenols is 1. The van der Waals surface area contributed by atoms with Crippen molar-refractivity contribution in [2.75, 3.05) is 24.6 Å². The number of carbonyl (C=O) groups excluding carboxylic acids is 1. The summed E-state index contributed by atoms with van der Waals surface area (Å²) in [6.45, 7) is 8.33. The van der Waals surface area contributed by atoms with Gasteiger partial charge < -0.3 is 14.7 Å². The fourth-order valence-corrected chi connectivity index (χ4v) is 2.52. The molecule has 0 bridgehead atoms. The molecule has 138 valence electrons. The number of rotatable bonds is 8. The molecule has 0 aromatic heterocycles. The molecule has 0 spiro atoms. The zero-order valence-corrected chi connectivity index (χ0v) is 15.4. The van der Waals surface area contributed by atoms with Crippen LogP contribution in [0.5, 0.6) is 11.5 Å². The average Bonchev–Trinajstić information content (AvgIpc) is 2.65. The number of nitrogens with one attached hydrogen (secondary N) is 1. The van der Waals surface area contributed by atoms with Gasteiger partial charge in [-0.05, 0) is 57.2 Å². The Hall–Kier alpha value is -3.02. The fourth-order valence-electron chi connectivity index (χ4n) is 2.52. The van der Waals surface area contributed by atoms with Gasteiger partial charge in [-0.1, -0.05) is 0 Å². The summed E-state index contributed by atoms with van der Waals surface area (Å²) in [4.78, 5) is 14.2. The number of carbonyl (C=O) groups is 1. The lowest BCUT2D eigenvalue weighted by Crippen LogP contribution is -2.21. The highest BCUT2D eigenvalue weighted by molar-refractivity contribution is 5.95. The van der Waals surface area contributed by atoms with Gasteiger partial charge in [0.25, 0.3) is 5.91 Å². The van der Waals surface area contributed by atoms with Crippen LogP contribution in [0.15, 0.2) is 47.6 Å². The normalized spacial score (nSPS) is 10.7. The lowest BCUT2D eigenvalue weighted by atomic mass is 10.2. The Labute approximate surface area is 154 Å². The summed E-state index contributed by atoms with van der Waals surface area (Å²) >= 11 is 0. The number of nitrogens with zero attached hydrogens (tertiary/aromatic N) is 2. The third-order valence-electron chi connectivity index (χ3n) is 3.94. The lowest BCUT2D eigenvalue weighted by Gasteiger charge is -2.21. The van der Waals surface area contributed by atoms with Crippen LogP contribution >= 0.6 is 0 Å². The van der Waals surface area contributed by atoms with Crippen molar-refractivity contribution in [2.45, 2.75) is 20.8 Å². The zero-order chi connectivity index (χ0) is 18.9. The summed E-state index contributed by atoms with van der Waals surface area (Å²) in [6.07, 6.45) is 1.42. The van der Waals surface area contributed by atoms with Crippen molar-refractivity contribution in [1.82, 2.24) is 5.43 Å². The van der Waals surface area contributed by atoms with Gasteiger partial charge in [0, 0.05) is 36.0 Å². The van der Waals surface area contributed by atoms with Crippen molar-refractivity contribution >= 4 is 17.8 Å². The van der Waals surface area contributed by atoms with E-state index in [1.165, 1.54) is 6.21 Å². The number of phenolic OH excluding ortho intramolecular Hbond substituents is 1. The minimum Gasteiger partial charge on any atom is -0.507 e. The smallest absolute Gasteiger partial charge is 0.271 e. The number of ether oxygens (including phenoxy) is 1. The summed E-state index contributed by atoms with van der Waals surface area (Å²) in [5.74, 6) is 0.503. The molecule has 0 radical (unpaired) electrons. The van der Waals surface area contributed by atoms with Gasteiger partial charge in [-0.15, -0.1) is 0 Å². The van der Waals surface area contributed by atoms with E-state index in [0.29, 0.717) is 23.5 Å². The second-order valence-electron chi connectivity index (χ2n) is 5.57. The van der Waals surface area contributed by atoms with Crippen LogP contribution in [0.1, 0.15) is 36.7 Å². The Morgan fingerprint density at radius 2 is 1.85 bits per heavy atom. The Morgan fingerprint density at radius 1 is 1.15 bits per heavy atom. The lowest BCUT2D eigenvalue weighted by molar-refractivity contribution is 0.0955. The highest BCUT2D eigenvalue weighted by atomic mass is 16.5. The van der Waals surface area contributed by atoms with E-state index in [1.807, 2.05) is 13.0 Å². The number of aromatic hydroxyl groups is 1. The van der Waals surface area contributed by atoms with E-state index in [1.54, 1.807) is 36.4 Å². The van der Waals surface area contributed by atoms with Crippen molar-refractivity contribution in [1.29, 1.82) is 0 Å². The SMILES string of the molecule is CCOc1ccc(C(=O)N/N=C/c2ccc(N(CC)CC)cc2O)cc1. The second-order valence-corrected chi connectivity index (χ2v) is 5.57. The number of hydrogen-bond acceptors (Lipinski definition) is 5. The first-order chi connectivity index (χ1) is 12.6. The van der Waals surface area contributed by atoms with Crippen molar-refractivity contribution in [3.63, 3.8) is 0 Å². The van der Waals surface area contributed by atoms with E-state index < -0.39 is 0 Å². The third kappa shape index (κ3) is 4.99. The van der Waals surface area contributed by atoms with Crippen LogP contribution < -0.4 is 15.1 Å². The predicted octanol–water partition coefficient (Wildman–Crippen LogP) is 3.40. The van der Waals surface area contributed by atoms with Crippen molar-refractivity contribution in [2.24, 2.45) is 5.10 Å². The highest BCUT2D eigenvalue weighted by Gasteiger charge is 2.07. The minimum absolute atomic E-state index is 0.119. The van der Waals surface area contributed by atoms with Crippen LogP contribution in [0.2, 0.25) is 0 Å². The first kappa shape index (κ1) is 19.3. The van der Waals surface area contributed by atoms with Gasteiger partial charge in [0.2, 0.25) is 0 Å². The standard InChI is InChI=1S/C20H25N3O3/c1-4-23(5-2)17-10-7-16(19(24)13-17)14-21-22-20(25)15-8-11-18(12-9-15)26-6-3/h7-14,24H,4-6H2,1-3H3,(H,22,25)/b21-14+. The average molecular weight is 355 g/mol. The molecule has 2 rings (SSSR count). The van der Waals surface area contributed by atoms with Crippen molar-refractivity contribution < 1.29 is 14.6 Å². The van der Waals surface area contributed by atoms with E-state index in [4.69, 9.17) is 4.74 Å². The molecular weight excluding hydrogens is 330 g/mol. The molecule has 0 unspecified atom stereocenters. The summed E-state index contributed by atoms with van der Waals surface area (Å²) in [5, 5.41) is 14.1. The first-order valence-corrected chi connectivity index (χ1v) is 8.73. The second kappa shape index (κ2) is 9.46. The quantitative estimate of drug-likeness (QED) is 0.562. The Bertz CT molecular complexity index is 753.